The minimum atomic E-state index is -0.454. The molecule has 1 N–H and O–H groups in total. The van der Waals surface area contributed by atoms with E-state index in [9.17, 15) is 10.1 Å². The van der Waals surface area contributed by atoms with Gasteiger partial charge in [-0.15, -0.1) is 0 Å². The summed E-state index contributed by atoms with van der Waals surface area (Å²) in [5, 5.41) is 18.2. The highest BCUT2D eigenvalue weighted by Gasteiger charge is 2.15. The topological polar surface area (TPSA) is 82.2 Å². The molecule has 0 saturated carbocycles. The number of aryl methyl sites for hydroxylation is 1. The van der Waals surface area contributed by atoms with E-state index in [0.29, 0.717) is 6.61 Å². The Labute approximate surface area is 116 Å². The molecule has 1 aromatic carbocycles. The number of benzene rings is 1. The van der Waals surface area contributed by atoms with Crippen molar-refractivity contribution in [1.29, 1.82) is 0 Å². The molecule has 0 bridgehead atoms. The lowest BCUT2D eigenvalue weighted by atomic mass is 10.2. The first-order valence-corrected chi connectivity index (χ1v) is 6.34. The minimum Gasteiger partial charge on any atom is -0.487 e. The maximum absolute atomic E-state index is 10.9. The van der Waals surface area contributed by atoms with E-state index in [4.69, 9.17) is 4.74 Å². The van der Waals surface area contributed by atoms with Crippen molar-refractivity contribution < 1.29 is 9.66 Å². The summed E-state index contributed by atoms with van der Waals surface area (Å²) in [6, 6.07) is 4.69. The number of anilines is 2. The molecule has 2 aromatic rings. The van der Waals surface area contributed by atoms with Crippen molar-refractivity contribution in [3.63, 3.8) is 0 Å². The average Bonchev–Trinajstić information content (AvgIpc) is 2.87. The Bertz CT molecular complexity index is 609. The van der Waals surface area contributed by atoms with Gasteiger partial charge in [0.2, 0.25) is 0 Å². The molecule has 0 fully saturated rings. The number of aromatic nitrogens is 2. The summed E-state index contributed by atoms with van der Waals surface area (Å²) >= 11 is 0. The van der Waals surface area contributed by atoms with Gasteiger partial charge in [0, 0.05) is 30.6 Å². The second kappa shape index (κ2) is 6.05. The SMILES string of the molecule is CCOc1cc(Nc2cnn(CC)c2)ccc1[N+](=O)[O-]. The Hall–Kier alpha value is -2.57. The van der Waals surface area contributed by atoms with Crippen LogP contribution in [0.25, 0.3) is 0 Å². The minimum absolute atomic E-state index is 0.0401. The molecule has 106 valence electrons. The number of nitrogens with one attached hydrogen (secondary N) is 1. The molecule has 2 rings (SSSR count). The Morgan fingerprint density at radius 1 is 1.40 bits per heavy atom. The first-order chi connectivity index (χ1) is 9.63. The molecule has 0 aliphatic carbocycles. The van der Waals surface area contributed by atoms with Gasteiger partial charge in [0.1, 0.15) is 0 Å². The average molecular weight is 276 g/mol. The van der Waals surface area contributed by atoms with Gasteiger partial charge in [0.25, 0.3) is 0 Å². The Balaban J connectivity index is 2.23. The lowest BCUT2D eigenvalue weighted by Crippen LogP contribution is -1.99. The van der Waals surface area contributed by atoms with E-state index < -0.39 is 4.92 Å². The molecule has 0 unspecified atom stereocenters. The third-order valence-corrected chi connectivity index (χ3v) is 2.70. The molecule has 0 atom stereocenters. The fraction of sp³-hybridized carbons (Fsp3) is 0.308. The third-order valence-electron chi connectivity index (χ3n) is 2.70. The summed E-state index contributed by atoms with van der Waals surface area (Å²) < 4.78 is 7.09. The summed E-state index contributed by atoms with van der Waals surface area (Å²) in [5.74, 6) is 0.255. The monoisotopic (exact) mass is 276 g/mol. The van der Waals surface area contributed by atoms with E-state index in [1.54, 1.807) is 29.9 Å². The van der Waals surface area contributed by atoms with E-state index in [0.717, 1.165) is 17.9 Å². The Morgan fingerprint density at radius 3 is 2.80 bits per heavy atom. The van der Waals surface area contributed by atoms with E-state index in [1.165, 1.54) is 6.07 Å². The van der Waals surface area contributed by atoms with Crippen LogP contribution < -0.4 is 10.1 Å². The molecule has 7 heteroatoms. The van der Waals surface area contributed by atoms with Crippen LogP contribution in [0, 0.1) is 10.1 Å². The van der Waals surface area contributed by atoms with E-state index in [1.807, 2.05) is 13.1 Å². The predicted molar refractivity (Wildman–Crippen MR) is 75.4 cm³/mol. The number of ether oxygens (including phenoxy) is 1. The fourth-order valence-electron chi connectivity index (χ4n) is 1.78. The van der Waals surface area contributed by atoms with Crippen molar-refractivity contribution in [2.75, 3.05) is 11.9 Å². The molecule has 7 nitrogen and oxygen atoms in total. The Morgan fingerprint density at radius 2 is 2.20 bits per heavy atom. The van der Waals surface area contributed by atoms with Crippen LogP contribution in [0.1, 0.15) is 13.8 Å². The number of nitro groups is 1. The first kappa shape index (κ1) is 13.9. The maximum atomic E-state index is 10.9. The van der Waals surface area contributed by atoms with Gasteiger partial charge in [-0.2, -0.15) is 5.10 Å². The largest absolute Gasteiger partial charge is 0.487 e. The normalized spacial score (nSPS) is 10.3. The zero-order chi connectivity index (χ0) is 14.5. The lowest BCUT2D eigenvalue weighted by molar-refractivity contribution is -0.385. The molecule has 0 amide bonds. The number of nitro benzene ring substituents is 1. The lowest BCUT2D eigenvalue weighted by Gasteiger charge is -2.08. The number of rotatable bonds is 6. The van der Waals surface area contributed by atoms with Crippen LogP contribution in [0.15, 0.2) is 30.6 Å². The van der Waals surface area contributed by atoms with Gasteiger partial charge < -0.3 is 10.1 Å². The number of hydrogen-bond acceptors (Lipinski definition) is 5. The van der Waals surface area contributed by atoms with Crippen LogP contribution in [0.5, 0.6) is 5.75 Å². The molecule has 0 radical (unpaired) electrons. The number of nitrogens with zero attached hydrogens (tertiary/aromatic N) is 3. The highest BCUT2D eigenvalue weighted by molar-refractivity contribution is 5.64. The van der Waals surface area contributed by atoms with Crippen molar-refractivity contribution >= 4 is 17.1 Å². The van der Waals surface area contributed by atoms with Gasteiger partial charge in [0.15, 0.2) is 5.75 Å². The molecule has 0 spiro atoms. The zero-order valence-corrected chi connectivity index (χ0v) is 11.4. The molecule has 20 heavy (non-hydrogen) atoms. The quantitative estimate of drug-likeness (QED) is 0.648. The standard InChI is InChI=1S/C13H16N4O3/c1-3-16-9-11(8-14-16)15-10-5-6-12(17(18)19)13(7-10)20-4-2/h5-9,15H,3-4H2,1-2H3. The molecule has 1 heterocycles. The van der Waals surface area contributed by atoms with E-state index in [-0.39, 0.29) is 11.4 Å². The molecule has 0 aliphatic heterocycles. The van der Waals surface area contributed by atoms with E-state index in [2.05, 4.69) is 10.4 Å². The van der Waals surface area contributed by atoms with Crippen LogP contribution in [0.3, 0.4) is 0 Å². The van der Waals surface area contributed by atoms with Crippen molar-refractivity contribution in [1.82, 2.24) is 9.78 Å². The number of hydrogen-bond donors (Lipinski definition) is 1. The van der Waals surface area contributed by atoms with Crippen molar-refractivity contribution in [2.24, 2.45) is 0 Å². The summed E-state index contributed by atoms with van der Waals surface area (Å²) in [6.07, 6.45) is 3.56. The zero-order valence-electron chi connectivity index (χ0n) is 11.4. The molecule has 0 saturated heterocycles. The van der Waals surface area contributed by atoms with Crippen LogP contribution in [0.4, 0.5) is 17.1 Å². The second-order valence-corrected chi connectivity index (χ2v) is 4.08. The highest BCUT2D eigenvalue weighted by Crippen LogP contribution is 2.31. The van der Waals surface area contributed by atoms with Gasteiger partial charge in [-0.05, 0) is 19.9 Å². The predicted octanol–water partition coefficient (Wildman–Crippen LogP) is 2.95. The summed E-state index contributed by atoms with van der Waals surface area (Å²) in [7, 11) is 0. The van der Waals surface area contributed by atoms with Crippen molar-refractivity contribution in [3.8, 4) is 5.75 Å². The van der Waals surface area contributed by atoms with Crippen molar-refractivity contribution in [2.45, 2.75) is 20.4 Å². The van der Waals surface area contributed by atoms with Gasteiger partial charge in [-0.1, -0.05) is 0 Å². The molecular weight excluding hydrogens is 260 g/mol. The van der Waals surface area contributed by atoms with Gasteiger partial charge in [0.05, 0.1) is 23.4 Å². The van der Waals surface area contributed by atoms with Crippen LogP contribution >= 0.6 is 0 Å². The molecule has 1 aromatic heterocycles. The highest BCUT2D eigenvalue weighted by atomic mass is 16.6. The summed E-state index contributed by atoms with van der Waals surface area (Å²) in [4.78, 5) is 10.4. The maximum Gasteiger partial charge on any atom is 0.311 e. The fourth-order valence-corrected chi connectivity index (χ4v) is 1.78. The summed E-state index contributed by atoms with van der Waals surface area (Å²) in [5.41, 5.74) is 1.50. The third kappa shape index (κ3) is 3.05. The molecule has 0 aliphatic rings. The van der Waals surface area contributed by atoms with Crippen LogP contribution in [-0.4, -0.2) is 21.3 Å². The Kier molecular flexibility index (Phi) is 4.19. The van der Waals surface area contributed by atoms with Gasteiger partial charge >= 0.3 is 5.69 Å². The molecular formula is C13H16N4O3. The first-order valence-electron chi connectivity index (χ1n) is 6.34. The van der Waals surface area contributed by atoms with Crippen molar-refractivity contribution in [3.05, 3.63) is 40.7 Å². The van der Waals surface area contributed by atoms with Gasteiger partial charge in [-0.3, -0.25) is 14.8 Å². The summed E-state index contributed by atoms with van der Waals surface area (Å²) in [6.45, 7) is 4.94. The smallest absolute Gasteiger partial charge is 0.311 e. The second-order valence-electron chi connectivity index (χ2n) is 4.08. The van der Waals surface area contributed by atoms with Gasteiger partial charge in [-0.25, -0.2) is 0 Å². The van der Waals surface area contributed by atoms with Crippen LogP contribution in [-0.2, 0) is 6.54 Å². The van der Waals surface area contributed by atoms with Crippen LogP contribution in [0.2, 0.25) is 0 Å². The van der Waals surface area contributed by atoms with E-state index >= 15 is 0 Å².